The lowest BCUT2D eigenvalue weighted by Gasteiger charge is -2.25. The standard InChI is InChI=1S/C23H31N4O14P/c1-12(28)25-17(10-13-2-4-14(5-3-13)41-42(38,39)40)23(37)27-16(7-9-19(31)32)22(36)26-15(6-8-18(29)30)21(35)24-11-20(33)34/h2-5,15-17H,6-11H2,1H3,(H,24,35)(H,25,28)(H,26,36)(H,27,37)(H,29,30)(H,31,32)(H,33,34)(H2,38,39,40)/t15-,16-,17-/m0/s1. The largest absolute Gasteiger partial charge is 0.524 e. The van der Waals surface area contributed by atoms with Crippen LogP contribution in [0, 0.1) is 0 Å². The van der Waals surface area contributed by atoms with E-state index in [0.29, 0.717) is 5.56 Å². The molecule has 0 spiro atoms. The second-order valence-electron chi connectivity index (χ2n) is 8.78. The molecule has 1 aromatic rings. The molecule has 0 saturated carbocycles. The lowest BCUT2D eigenvalue weighted by molar-refractivity contribution is -0.140. The van der Waals surface area contributed by atoms with Gasteiger partial charge in [-0.3, -0.25) is 43.3 Å². The molecule has 0 aromatic heterocycles. The van der Waals surface area contributed by atoms with Gasteiger partial charge in [-0.2, -0.15) is 0 Å². The molecule has 0 fully saturated rings. The van der Waals surface area contributed by atoms with Crippen molar-refractivity contribution in [2.24, 2.45) is 0 Å². The van der Waals surface area contributed by atoms with Crippen molar-refractivity contribution in [2.75, 3.05) is 6.54 Å². The zero-order valence-electron chi connectivity index (χ0n) is 22.1. The number of benzene rings is 1. The molecule has 0 unspecified atom stereocenters. The van der Waals surface area contributed by atoms with Crippen LogP contribution in [-0.2, 0) is 44.5 Å². The number of hydrogen-bond acceptors (Lipinski definition) is 9. The zero-order valence-corrected chi connectivity index (χ0v) is 23.0. The number of hydrogen-bond donors (Lipinski definition) is 9. The molecule has 0 radical (unpaired) electrons. The van der Waals surface area contributed by atoms with E-state index in [-0.39, 0.29) is 12.2 Å². The fourth-order valence-corrected chi connectivity index (χ4v) is 3.81. The number of carbonyl (C=O) groups excluding carboxylic acids is 4. The van der Waals surface area contributed by atoms with E-state index in [1.54, 1.807) is 0 Å². The number of carboxylic acids is 3. The number of phosphoric ester groups is 1. The van der Waals surface area contributed by atoms with Crippen LogP contribution in [0.5, 0.6) is 5.75 Å². The van der Waals surface area contributed by atoms with Crippen LogP contribution in [0.15, 0.2) is 24.3 Å². The van der Waals surface area contributed by atoms with Gasteiger partial charge in [0.05, 0.1) is 0 Å². The number of amides is 4. The molecule has 0 aliphatic heterocycles. The molecule has 9 N–H and O–H groups in total. The van der Waals surface area contributed by atoms with Gasteiger partial charge in [-0.15, -0.1) is 0 Å². The average molecular weight is 618 g/mol. The second kappa shape index (κ2) is 16.7. The molecule has 0 bridgehead atoms. The van der Waals surface area contributed by atoms with Crippen LogP contribution in [0.1, 0.15) is 38.2 Å². The Labute approximate surface area is 238 Å². The first-order valence-electron chi connectivity index (χ1n) is 12.1. The maximum Gasteiger partial charge on any atom is 0.524 e. The Hall–Kier alpha value is -4.54. The molecule has 4 amide bonds. The number of carboxylic acid groups (broad SMARTS) is 3. The predicted molar refractivity (Wildman–Crippen MR) is 139 cm³/mol. The third kappa shape index (κ3) is 14.7. The van der Waals surface area contributed by atoms with Gasteiger partial charge in [0.15, 0.2) is 0 Å². The summed E-state index contributed by atoms with van der Waals surface area (Å²) in [5.41, 5.74) is 0.386. The van der Waals surface area contributed by atoms with E-state index in [4.69, 9.17) is 25.1 Å². The SMILES string of the molecule is CC(=O)N[C@@H](Cc1ccc(OP(=O)(O)O)cc1)C(=O)N[C@@H](CCC(=O)O)C(=O)N[C@@H](CCC(=O)O)C(=O)NCC(=O)O. The molecular formula is C23H31N4O14P. The first-order valence-corrected chi connectivity index (χ1v) is 13.6. The molecule has 18 nitrogen and oxygen atoms in total. The third-order valence-electron chi connectivity index (χ3n) is 5.26. The van der Waals surface area contributed by atoms with Crippen LogP contribution in [0.2, 0.25) is 0 Å². The number of carbonyl (C=O) groups is 7. The fraction of sp³-hybridized carbons (Fsp3) is 0.435. The van der Waals surface area contributed by atoms with Gasteiger partial charge < -0.3 is 41.1 Å². The summed E-state index contributed by atoms with van der Waals surface area (Å²) in [4.78, 5) is 101. The highest BCUT2D eigenvalue weighted by atomic mass is 31.2. The molecule has 0 saturated heterocycles. The number of phosphoric acid groups is 1. The maximum atomic E-state index is 13.1. The molecule has 232 valence electrons. The van der Waals surface area contributed by atoms with Gasteiger partial charge >= 0.3 is 25.7 Å². The van der Waals surface area contributed by atoms with Crippen molar-refractivity contribution >= 4 is 49.4 Å². The average Bonchev–Trinajstić information content (AvgIpc) is 2.86. The number of aliphatic carboxylic acids is 3. The van der Waals surface area contributed by atoms with Crippen molar-refractivity contribution in [3.05, 3.63) is 29.8 Å². The first kappa shape index (κ1) is 35.5. The van der Waals surface area contributed by atoms with Crippen LogP contribution in [0.25, 0.3) is 0 Å². The van der Waals surface area contributed by atoms with Crippen LogP contribution >= 0.6 is 7.82 Å². The summed E-state index contributed by atoms with van der Waals surface area (Å²) in [7, 11) is -4.82. The van der Waals surface area contributed by atoms with E-state index in [9.17, 15) is 38.1 Å². The Morgan fingerprint density at radius 3 is 1.64 bits per heavy atom. The van der Waals surface area contributed by atoms with Crippen LogP contribution in [0.4, 0.5) is 0 Å². The minimum atomic E-state index is -4.82. The Balaban J connectivity index is 3.14. The minimum Gasteiger partial charge on any atom is -0.481 e. The van der Waals surface area contributed by atoms with Crippen LogP contribution in [-0.4, -0.2) is 91.3 Å². The molecule has 1 rings (SSSR count). The highest BCUT2D eigenvalue weighted by molar-refractivity contribution is 7.46. The normalized spacial score (nSPS) is 13.0. The van der Waals surface area contributed by atoms with Crippen molar-refractivity contribution in [1.29, 1.82) is 0 Å². The fourth-order valence-electron chi connectivity index (χ4n) is 3.42. The summed E-state index contributed by atoms with van der Waals surface area (Å²) in [6.07, 6.45) is -2.33. The molecule has 0 heterocycles. The molecule has 42 heavy (non-hydrogen) atoms. The van der Waals surface area contributed by atoms with Gasteiger partial charge in [0, 0.05) is 26.2 Å². The summed E-state index contributed by atoms with van der Waals surface area (Å²) < 4.78 is 15.4. The summed E-state index contributed by atoms with van der Waals surface area (Å²) in [5, 5.41) is 35.7. The van der Waals surface area contributed by atoms with Crippen LogP contribution in [0.3, 0.4) is 0 Å². The molecule has 0 aliphatic carbocycles. The van der Waals surface area contributed by atoms with Crippen LogP contribution < -0.4 is 25.8 Å². The maximum absolute atomic E-state index is 13.1. The first-order chi connectivity index (χ1) is 19.5. The van der Waals surface area contributed by atoms with Gasteiger partial charge in [0.1, 0.15) is 30.4 Å². The molecule has 3 atom stereocenters. The Morgan fingerprint density at radius 1 is 0.738 bits per heavy atom. The Bertz CT molecular complexity index is 1220. The summed E-state index contributed by atoms with van der Waals surface area (Å²) in [6, 6.07) is 0.660. The van der Waals surface area contributed by atoms with E-state index in [0.717, 1.165) is 6.92 Å². The van der Waals surface area contributed by atoms with Crippen molar-refractivity contribution in [2.45, 2.75) is 57.2 Å². The zero-order chi connectivity index (χ0) is 32.0. The van der Waals surface area contributed by atoms with E-state index >= 15 is 0 Å². The molecule has 1 aromatic carbocycles. The second-order valence-corrected chi connectivity index (χ2v) is 9.95. The van der Waals surface area contributed by atoms with Gasteiger partial charge in [0.2, 0.25) is 23.6 Å². The van der Waals surface area contributed by atoms with Gasteiger partial charge in [-0.05, 0) is 30.5 Å². The lowest BCUT2D eigenvalue weighted by Crippen LogP contribution is -2.57. The predicted octanol–water partition coefficient (Wildman–Crippen LogP) is -1.89. The topological polar surface area (TPSA) is 295 Å². The summed E-state index contributed by atoms with van der Waals surface area (Å²) >= 11 is 0. The van der Waals surface area contributed by atoms with Gasteiger partial charge in [-0.1, -0.05) is 12.1 Å². The quantitative estimate of drug-likeness (QED) is 0.0813. The van der Waals surface area contributed by atoms with Crippen molar-refractivity contribution in [3.8, 4) is 5.75 Å². The molecular weight excluding hydrogens is 587 g/mol. The summed E-state index contributed by atoms with van der Waals surface area (Å²) in [5.74, 6) is -7.94. The van der Waals surface area contributed by atoms with Gasteiger partial charge in [0.25, 0.3) is 0 Å². The smallest absolute Gasteiger partial charge is 0.481 e. The number of nitrogens with one attached hydrogen (secondary N) is 4. The highest BCUT2D eigenvalue weighted by Crippen LogP contribution is 2.37. The Kier molecular flexibility index (Phi) is 14.1. The van der Waals surface area contributed by atoms with E-state index in [1.165, 1.54) is 24.3 Å². The van der Waals surface area contributed by atoms with Crippen molar-refractivity contribution in [1.82, 2.24) is 21.3 Å². The third-order valence-corrected chi connectivity index (χ3v) is 5.70. The van der Waals surface area contributed by atoms with Crippen molar-refractivity contribution in [3.63, 3.8) is 0 Å². The van der Waals surface area contributed by atoms with Gasteiger partial charge in [-0.25, -0.2) is 4.57 Å². The molecule has 0 aliphatic rings. The highest BCUT2D eigenvalue weighted by Gasteiger charge is 2.30. The Morgan fingerprint density at radius 2 is 1.21 bits per heavy atom. The monoisotopic (exact) mass is 618 g/mol. The summed E-state index contributed by atoms with van der Waals surface area (Å²) in [6.45, 7) is 0.275. The lowest BCUT2D eigenvalue weighted by atomic mass is 10.0. The van der Waals surface area contributed by atoms with E-state index < -0.39 is 99.7 Å². The van der Waals surface area contributed by atoms with E-state index in [2.05, 4.69) is 20.5 Å². The minimum absolute atomic E-state index is 0.178. The number of rotatable bonds is 18. The van der Waals surface area contributed by atoms with Crippen molar-refractivity contribution < 1.29 is 67.8 Å². The van der Waals surface area contributed by atoms with E-state index in [1.807, 2.05) is 5.32 Å². The molecule has 19 heteroatoms.